The quantitative estimate of drug-likeness (QED) is 0.815. The highest BCUT2D eigenvalue weighted by Gasteiger charge is 2.33. The average Bonchev–Trinajstić information content (AvgIpc) is 2.93. The number of carbonyl (C=O) groups is 1. The van der Waals surface area contributed by atoms with Crippen LogP contribution in [-0.4, -0.2) is 33.2 Å². The highest BCUT2D eigenvalue weighted by molar-refractivity contribution is 5.77. The molecule has 0 radical (unpaired) electrons. The number of amides is 1. The Morgan fingerprint density at radius 1 is 1.42 bits per heavy atom. The van der Waals surface area contributed by atoms with E-state index in [4.69, 9.17) is 0 Å². The van der Waals surface area contributed by atoms with E-state index in [0.29, 0.717) is 17.9 Å². The van der Waals surface area contributed by atoms with Gasteiger partial charge < -0.3 is 4.90 Å². The Bertz CT molecular complexity index is 425. The van der Waals surface area contributed by atoms with Crippen molar-refractivity contribution >= 4 is 5.91 Å². The predicted octanol–water partition coefficient (Wildman–Crippen LogP) is 2.31. The summed E-state index contributed by atoms with van der Waals surface area (Å²) in [6.07, 6.45) is 9.42. The number of likely N-dealkylation sites (tertiary alicyclic amines) is 1. The fraction of sp³-hybridized carbons (Fsp3) is 0.733. The van der Waals surface area contributed by atoms with Gasteiger partial charge in [-0.1, -0.05) is 6.92 Å². The van der Waals surface area contributed by atoms with E-state index in [2.05, 4.69) is 16.9 Å². The highest BCUT2D eigenvalue weighted by atomic mass is 16.2. The van der Waals surface area contributed by atoms with Gasteiger partial charge in [0, 0.05) is 25.4 Å². The molecule has 2 atom stereocenters. The van der Waals surface area contributed by atoms with Gasteiger partial charge in [0.05, 0.1) is 12.6 Å². The molecule has 104 valence electrons. The molecule has 1 saturated carbocycles. The first-order valence-corrected chi connectivity index (χ1v) is 7.51. The van der Waals surface area contributed by atoms with E-state index in [1.807, 2.05) is 16.9 Å². The van der Waals surface area contributed by atoms with E-state index in [1.54, 1.807) is 6.20 Å². The van der Waals surface area contributed by atoms with Crippen LogP contribution < -0.4 is 0 Å². The SMILES string of the molecule is C[C@H](CC(=O)N1CCC[C@H]1Cn1cccn1)C1CC1. The summed E-state index contributed by atoms with van der Waals surface area (Å²) in [5, 5.41) is 4.25. The van der Waals surface area contributed by atoms with Crippen molar-refractivity contribution in [2.45, 2.75) is 51.6 Å². The van der Waals surface area contributed by atoms with Gasteiger partial charge in [-0.05, 0) is 43.6 Å². The monoisotopic (exact) mass is 261 g/mol. The van der Waals surface area contributed by atoms with Crippen molar-refractivity contribution in [1.29, 1.82) is 0 Å². The zero-order valence-corrected chi connectivity index (χ0v) is 11.7. The van der Waals surface area contributed by atoms with Crippen molar-refractivity contribution in [2.24, 2.45) is 11.8 Å². The second-order valence-electron chi connectivity index (χ2n) is 6.13. The lowest BCUT2D eigenvalue weighted by Crippen LogP contribution is -2.38. The van der Waals surface area contributed by atoms with Gasteiger partial charge in [0.1, 0.15) is 0 Å². The lowest BCUT2D eigenvalue weighted by molar-refractivity contribution is -0.133. The summed E-state index contributed by atoms with van der Waals surface area (Å²) in [5.74, 6) is 1.74. The Labute approximate surface area is 114 Å². The van der Waals surface area contributed by atoms with Crippen LogP contribution in [0.5, 0.6) is 0 Å². The fourth-order valence-corrected chi connectivity index (χ4v) is 3.20. The van der Waals surface area contributed by atoms with Gasteiger partial charge in [0.25, 0.3) is 0 Å². The molecule has 0 unspecified atom stereocenters. The van der Waals surface area contributed by atoms with Crippen LogP contribution in [0.1, 0.15) is 39.0 Å². The van der Waals surface area contributed by atoms with Crippen molar-refractivity contribution in [3.05, 3.63) is 18.5 Å². The van der Waals surface area contributed by atoms with E-state index >= 15 is 0 Å². The molecule has 1 saturated heterocycles. The molecule has 19 heavy (non-hydrogen) atoms. The summed E-state index contributed by atoms with van der Waals surface area (Å²) in [7, 11) is 0. The molecule has 2 heterocycles. The van der Waals surface area contributed by atoms with Crippen molar-refractivity contribution in [3.8, 4) is 0 Å². The lowest BCUT2D eigenvalue weighted by Gasteiger charge is -2.26. The molecule has 1 amide bonds. The van der Waals surface area contributed by atoms with Crippen LogP contribution in [0, 0.1) is 11.8 Å². The van der Waals surface area contributed by atoms with E-state index in [-0.39, 0.29) is 0 Å². The number of carbonyl (C=O) groups excluding carboxylic acids is 1. The van der Waals surface area contributed by atoms with E-state index in [0.717, 1.165) is 38.3 Å². The summed E-state index contributed by atoms with van der Waals surface area (Å²) >= 11 is 0. The standard InChI is InChI=1S/C15H23N3O/c1-12(13-5-6-13)10-15(19)18-9-2-4-14(18)11-17-8-3-7-16-17/h3,7-8,12-14H,2,4-6,9-11H2,1H3/t12-,14+/m1/s1. The van der Waals surface area contributed by atoms with Crippen LogP contribution >= 0.6 is 0 Å². The predicted molar refractivity (Wildman–Crippen MR) is 73.5 cm³/mol. The molecule has 2 aliphatic rings. The number of aromatic nitrogens is 2. The second kappa shape index (κ2) is 5.35. The van der Waals surface area contributed by atoms with Crippen LogP contribution in [0.15, 0.2) is 18.5 Å². The minimum atomic E-state index is 0.346. The van der Waals surface area contributed by atoms with Crippen LogP contribution in [-0.2, 0) is 11.3 Å². The van der Waals surface area contributed by atoms with Crippen LogP contribution in [0.4, 0.5) is 0 Å². The third-order valence-corrected chi connectivity index (χ3v) is 4.58. The number of nitrogens with zero attached hydrogens (tertiary/aromatic N) is 3. The molecule has 2 fully saturated rings. The summed E-state index contributed by atoms with van der Waals surface area (Å²) in [5.41, 5.74) is 0. The van der Waals surface area contributed by atoms with Crippen molar-refractivity contribution in [1.82, 2.24) is 14.7 Å². The topological polar surface area (TPSA) is 38.1 Å². The maximum atomic E-state index is 12.4. The molecule has 3 rings (SSSR count). The molecule has 0 aromatic carbocycles. The maximum absolute atomic E-state index is 12.4. The average molecular weight is 261 g/mol. The van der Waals surface area contributed by atoms with Gasteiger partial charge in [0.2, 0.25) is 5.91 Å². The summed E-state index contributed by atoms with van der Waals surface area (Å²) in [4.78, 5) is 14.5. The van der Waals surface area contributed by atoms with Gasteiger partial charge >= 0.3 is 0 Å². The zero-order valence-electron chi connectivity index (χ0n) is 11.7. The van der Waals surface area contributed by atoms with E-state index in [9.17, 15) is 4.79 Å². The molecule has 4 nitrogen and oxygen atoms in total. The molecule has 1 aliphatic carbocycles. The third-order valence-electron chi connectivity index (χ3n) is 4.58. The first-order chi connectivity index (χ1) is 9.24. The third kappa shape index (κ3) is 2.99. The number of hydrogen-bond acceptors (Lipinski definition) is 2. The van der Waals surface area contributed by atoms with Crippen molar-refractivity contribution < 1.29 is 4.79 Å². The van der Waals surface area contributed by atoms with Crippen LogP contribution in [0.2, 0.25) is 0 Å². The Morgan fingerprint density at radius 3 is 2.95 bits per heavy atom. The van der Waals surface area contributed by atoms with Crippen molar-refractivity contribution in [2.75, 3.05) is 6.54 Å². The highest BCUT2D eigenvalue weighted by Crippen LogP contribution is 2.38. The minimum absolute atomic E-state index is 0.346. The largest absolute Gasteiger partial charge is 0.338 e. The van der Waals surface area contributed by atoms with E-state index in [1.165, 1.54) is 12.8 Å². The van der Waals surface area contributed by atoms with Crippen molar-refractivity contribution in [3.63, 3.8) is 0 Å². The molecule has 4 heteroatoms. The Kier molecular flexibility index (Phi) is 3.58. The summed E-state index contributed by atoms with van der Waals surface area (Å²) in [6.45, 7) is 4.01. The van der Waals surface area contributed by atoms with E-state index < -0.39 is 0 Å². The molecular formula is C15H23N3O. The van der Waals surface area contributed by atoms with Gasteiger partial charge in [-0.3, -0.25) is 9.48 Å². The smallest absolute Gasteiger partial charge is 0.223 e. The Hall–Kier alpha value is -1.32. The molecule has 1 aromatic heterocycles. The number of hydrogen-bond donors (Lipinski definition) is 0. The van der Waals surface area contributed by atoms with Gasteiger partial charge in [0.15, 0.2) is 0 Å². The summed E-state index contributed by atoms with van der Waals surface area (Å²) < 4.78 is 1.95. The summed E-state index contributed by atoms with van der Waals surface area (Å²) in [6, 6.07) is 2.29. The molecule has 0 spiro atoms. The normalized spacial score (nSPS) is 24.7. The minimum Gasteiger partial charge on any atom is -0.338 e. The van der Waals surface area contributed by atoms with Gasteiger partial charge in [-0.2, -0.15) is 5.10 Å². The maximum Gasteiger partial charge on any atom is 0.223 e. The van der Waals surface area contributed by atoms with Gasteiger partial charge in [-0.25, -0.2) is 0 Å². The second-order valence-corrected chi connectivity index (χ2v) is 6.13. The first-order valence-electron chi connectivity index (χ1n) is 7.51. The molecule has 1 aliphatic heterocycles. The molecule has 0 bridgehead atoms. The van der Waals surface area contributed by atoms with Crippen LogP contribution in [0.3, 0.4) is 0 Å². The molecular weight excluding hydrogens is 238 g/mol. The fourth-order valence-electron chi connectivity index (χ4n) is 3.20. The lowest BCUT2D eigenvalue weighted by atomic mass is 10.0. The van der Waals surface area contributed by atoms with Crippen LogP contribution in [0.25, 0.3) is 0 Å². The Morgan fingerprint density at radius 2 is 2.26 bits per heavy atom. The molecule has 1 aromatic rings. The number of rotatable bonds is 5. The first kappa shape index (κ1) is 12.7. The zero-order chi connectivity index (χ0) is 13.2. The molecule has 0 N–H and O–H groups in total. The van der Waals surface area contributed by atoms with Gasteiger partial charge in [-0.15, -0.1) is 0 Å². The Balaban J connectivity index is 1.57.